The van der Waals surface area contributed by atoms with Gasteiger partial charge in [-0.3, -0.25) is 14.7 Å². The van der Waals surface area contributed by atoms with Crippen molar-refractivity contribution in [3.63, 3.8) is 0 Å². The zero-order chi connectivity index (χ0) is 17.4. The summed E-state index contributed by atoms with van der Waals surface area (Å²) >= 11 is 0. The van der Waals surface area contributed by atoms with Crippen LogP contribution in [0.15, 0.2) is 12.3 Å². The number of hydrogen-bond acceptors (Lipinski definition) is 5. The molecule has 7 heteroatoms. The molecule has 0 aliphatic carbocycles. The fourth-order valence-electron chi connectivity index (χ4n) is 2.22. The molecule has 23 heavy (non-hydrogen) atoms. The fourth-order valence-corrected chi connectivity index (χ4v) is 2.22. The van der Waals surface area contributed by atoms with Crippen molar-refractivity contribution in [1.82, 2.24) is 9.88 Å². The van der Waals surface area contributed by atoms with Gasteiger partial charge in [-0.25, -0.2) is 4.79 Å². The van der Waals surface area contributed by atoms with E-state index in [0.29, 0.717) is 11.4 Å². The number of carbonyl (C=O) groups is 2. The van der Waals surface area contributed by atoms with E-state index in [9.17, 15) is 9.59 Å². The number of nitrogens with zero attached hydrogens (tertiary/aromatic N) is 3. The molecular weight excluding hydrogens is 298 g/mol. The third-order valence-corrected chi connectivity index (χ3v) is 3.51. The van der Waals surface area contributed by atoms with Crippen LogP contribution in [0.25, 0.3) is 0 Å². The Kier molecular flexibility index (Phi) is 4.49. The summed E-state index contributed by atoms with van der Waals surface area (Å²) in [6.45, 7) is 7.25. The standard InChI is InChI=1S/C16H23N3O4/c1-10-7-13-11(8-17-10)18(5)14(20)12(9-22-13)19(6)15(21)23-16(2,3)4/h7-8,12H,9H2,1-6H3/t12-/m1/s1. The first-order valence-electron chi connectivity index (χ1n) is 7.43. The van der Waals surface area contributed by atoms with Crippen LogP contribution in [0.5, 0.6) is 5.75 Å². The largest absolute Gasteiger partial charge is 0.489 e. The van der Waals surface area contributed by atoms with Crippen molar-refractivity contribution in [1.29, 1.82) is 0 Å². The fraction of sp³-hybridized carbons (Fsp3) is 0.562. The van der Waals surface area contributed by atoms with Crippen molar-refractivity contribution in [2.24, 2.45) is 0 Å². The lowest BCUT2D eigenvalue weighted by molar-refractivity contribution is -0.123. The molecule has 1 aromatic rings. The van der Waals surface area contributed by atoms with E-state index in [1.807, 2.05) is 6.92 Å². The molecular formula is C16H23N3O4. The highest BCUT2D eigenvalue weighted by Crippen LogP contribution is 2.31. The van der Waals surface area contributed by atoms with Gasteiger partial charge in [0, 0.05) is 25.9 Å². The van der Waals surface area contributed by atoms with Crippen LogP contribution in [0.1, 0.15) is 26.5 Å². The molecule has 1 aliphatic rings. The lowest BCUT2D eigenvalue weighted by atomic mass is 10.2. The maximum Gasteiger partial charge on any atom is 0.410 e. The van der Waals surface area contributed by atoms with Gasteiger partial charge in [0.1, 0.15) is 29.7 Å². The van der Waals surface area contributed by atoms with Gasteiger partial charge < -0.3 is 14.4 Å². The van der Waals surface area contributed by atoms with Crippen LogP contribution < -0.4 is 9.64 Å². The predicted molar refractivity (Wildman–Crippen MR) is 85.7 cm³/mol. The monoisotopic (exact) mass is 321 g/mol. The van der Waals surface area contributed by atoms with Gasteiger partial charge in [-0.15, -0.1) is 0 Å². The average Bonchev–Trinajstić information content (AvgIpc) is 2.55. The van der Waals surface area contributed by atoms with Gasteiger partial charge in [-0.2, -0.15) is 0 Å². The zero-order valence-corrected chi connectivity index (χ0v) is 14.4. The molecule has 0 radical (unpaired) electrons. The lowest BCUT2D eigenvalue weighted by Gasteiger charge is -2.30. The Hall–Kier alpha value is -2.31. The molecule has 126 valence electrons. The summed E-state index contributed by atoms with van der Waals surface area (Å²) in [7, 11) is 3.18. The molecule has 0 N–H and O–H groups in total. The first-order valence-corrected chi connectivity index (χ1v) is 7.43. The number of aryl methyl sites for hydroxylation is 1. The number of likely N-dealkylation sites (N-methyl/N-ethyl adjacent to an activating group) is 2. The van der Waals surface area contributed by atoms with Crippen LogP contribution in [0.2, 0.25) is 0 Å². The van der Waals surface area contributed by atoms with Crippen LogP contribution in [-0.4, -0.2) is 54.2 Å². The lowest BCUT2D eigenvalue weighted by Crippen LogP contribution is -2.51. The van der Waals surface area contributed by atoms with E-state index in [4.69, 9.17) is 9.47 Å². The van der Waals surface area contributed by atoms with Crippen LogP contribution in [0.3, 0.4) is 0 Å². The van der Waals surface area contributed by atoms with E-state index in [1.165, 1.54) is 16.8 Å². The quantitative estimate of drug-likeness (QED) is 0.791. The molecule has 0 fully saturated rings. The second-order valence-corrected chi connectivity index (χ2v) is 6.61. The van der Waals surface area contributed by atoms with E-state index in [1.54, 1.807) is 40.1 Å². The van der Waals surface area contributed by atoms with Crippen LogP contribution in [-0.2, 0) is 9.53 Å². The first kappa shape index (κ1) is 17.1. The van der Waals surface area contributed by atoms with Crippen LogP contribution >= 0.6 is 0 Å². The summed E-state index contributed by atoms with van der Waals surface area (Å²) in [4.78, 5) is 31.8. The molecule has 0 saturated heterocycles. The van der Waals surface area contributed by atoms with Crippen molar-refractivity contribution in [3.05, 3.63) is 18.0 Å². The van der Waals surface area contributed by atoms with Crippen molar-refractivity contribution in [2.45, 2.75) is 39.3 Å². The summed E-state index contributed by atoms with van der Waals surface area (Å²) in [5, 5.41) is 0. The first-order chi connectivity index (χ1) is 10.6. The molecule has 2 heterocycles. The second-order valence-electron chi connectivity index (χ2n) is 6.61. The SMILES string of the molecule is Cc1cc2c(cn1)N(C)C(=O)[C@H](N(C)C(=O)OC(C)(C)C)CO2. The van der Waals surface area contributed by atoms with E-state index in [0.717, 1.165) is 5.69 Å². The van der Waals surface area contributed by atoms with E-state index in [2.05, 4.69) is 4.98 Å². The van der Waals surface area contributed by atoms with Crippen LogP contribution in [0, 0.1) is 6.92 Å². The molecule has 0 saturated carbocycles. The smallest absolute Gasteiger partial charge is 0.410 e. The van der Waals surface area contributed by atoms with E-state index in [-0.39, 0.29) is 12.5 Å². The highest BCUT2D eigenvalue weighted by molar-refractivity contribution is 6.00. The Bertz CT molecular complexity index is 624. The summed E-state index contributed by atoms with van der Waals surface area (Å²) in [6, 6.07) is 1.01. The molecule has 2 rings (SSSR count). The zero-order valence-electron chi connectivity index (χ0n) is 14.4. The summed E-state index contributed by atoms with van der Waals surface area (Å²) in [6.07, 6.45) is 1.03. The Labute approximate surface area is 136 Å². The number of pyridine rings is 1. The minimum atomic E-state index is -0.762. The predicted octanol–water partition coefficient (Wildman–Crippen LogP) is 1.98. The maximum absolute atomic E-state index is 12.7. The Morgan fingerprint density at radius 1 is 1.48 bits per heavy atom. The molecule has 0 spiro atoms. The van der Waals surface area contributed by atoms with Gasteiger partial charge in [0.05, 0.1) is 6.20 Å². The summed E-state index contributed by atoms with van der Waals surface area (Å²) in [5.74, 6) is 0.330. The molecule has 0 unspecified atom stereocenters. The summed E-state index contributed by atoms with van der Waals surface area (Å²) < 4.78 is 11.1. The number of carbonyl (C=O) groups excluding carboxylic acids is 2. The van der Waals surface area contributed by atoms with Gasteiger partial charge in [0.15, 0.2) is 0 Å². The van der Waals surface area contributed by atoms with E-state index < -0.39 is 17.7 Å². The van der Waals surface area contributed by atoms with E-state index >= 15 is 0 Å². The number of ether oxygens (including phenoxy) is 2. The number of amides is 2. The van der Waals surface area contributed by atoms with Gasteiger partial charge in [0.25, 0.3) is 5.91 Å². The number of aromatic nitrogens is 1. The highest BCUT2D eigenvalue weighted by Gasteiger charge is 2.36. The molecule has 1 aliphatic heterocycles. The molecule has 7 nitrogen and oxygen atoms in total. The van der Waals surface area contributed by atoms with Gasteiger partial charge >= 0.3 is 6.09 Å². The van der Waals surface area contributed by atoms with Gasteiger partial charge in [-0.1, -0.05) is 0 Å². The Balaban J connectivity index is 2.23. The molecule has 0 aromatic carbocycles. The van der Waals surface area contributed by atoms with Gasteiger partial charge in [0.2, 0.25) is 0 Å². The van der Waals surface area contributed by atoms with Crippen LogP contribution in [0.4, 0.5) is 10.5 Å². The van der Waals surface area contributed by atoms with Crippen molar-refractivity contribution in [2.75, 3.05) is 25.6 Å². The van der Waals surface area contributed by atoms with Gasteiger partial charge in [-0.05, 0) is 27.7 Å². The van der Waals surface area contributed by atoms with Crippen molar-refractivity contribution < 1.29 is 19.1 Å². The average molecular weight is 321 g/mol. The third-order valence-electron chi connectivity index (χ3n) is 3.51. The minimum absolute atomic E-state index is 0.0649. The van der Waals surface area contributed by atoms with Crippen molar-refractivity contribution in [3.8, 4) is 5.75 Å². The molecule has 1 atom stereocenters. The molecule has 1 aromatic heterocycles. The topological polar surface area (TPSA) is 72.0 Å². The maximum atomic E-state index is 12.7. The number of fused-ring (bicyclic) bond motifs is 1. The Morgan fingerprint density at radius 2 is 2.13 bits per heavy atom. The second kappa shape index (κ2) is 6.06. The highest BCUT2D eigenvalue weighted by atomic mass is 16.6. The number of rotatable bonds is 1. The molecule has 0 bridgehead atoms. The van der Waals surface area contributed by atoms with Crippen molar-refractivity contribution >= 4 is 17.7 Å². The summed E-state index contributed by atoms with van der Waals surface area (Å²) in [5.41, 5.74) is 0.750. The third kappa shape index (κ3) is 3.72. The minimum Gasteiger partial charge on any atom is -0.489 e. The number of anilines is 1. The molecule has 2 amide bonds. The number of hydrogen-bond donors (Lipinski definition) is 0. The normalized spacial score (nSPS) is 17.9. The Morgan fingerprint density at radius 3 is 2.74 bits per heavy atom.